The first-order chi connectivity index (χ1) is 8.19. The van der Waals surface area contributed by atoms with Gasteiger partial charge in [-0.3, -0.25) is 0 Å². The summed E-state index contributed by atoms with van der Waals surface area (Å²) < 4.78 is 5.29. The van der Waals surface area contributed by atoms with E-state index < -0.39 is 0 Å². The first kappa shape index (κ1) is 12.2. The van der Waals surface area contributed by atoms with Gasteiger partial charge in [0.1, 0.15) is 6.26 Å². The van der Waals surface area contributed by atoms with Crippen LogP contribution >= 0.6 is 11.8 Å². The van der Waals surface area contributed by atoms with Gasteiger partial charge in [-0.2, -0.15) is 0 Å². The van der Waals surface area contributed by atoms with Crippen LogP contribution in [-0.4, -0.2) is 4.98 Å². The average Bonchev–Trinajstić information content (AvgIpc) is 2.75. The highest BCUT2D eigenvalue weighted by Crippen LogP contribution is 2.27. The zero-order chi connectivity index (χ0) is 12.3. The van der Waals surface area contributed by atoms with Gasteiger partial charge in [0.05, 0.1) is 5.69 Å². The Morgan fingerprint density at radius 3 is 2.59 bits per heavy atom. The summed E-state index contributed by atoms with van der Waals surface area (Å²) in [7, 11) is 0. The Morgan fingerprint density at radius 2 is 2.06 bits per heavy atom. The van der Waals surface area contributed by atoms with Gasteiger partial charge in [-0.25, -0.2) is 4.98 Å². The van der Waals surface area contributed by atoms with Crippen LogP contribution in [-0.2, 0) is 0 Å². The molecule has 2 aromatic rings. The molecule has 1 aromatic heterocycles. The van der Waals surface area contributed by atoms with E-state index in [1.165, 1.54) is 17.3 Å². The normalized spacial score (nSPS) is 12.6. The number of aryl methyl sites for hydroxylation is 1. The van der Waals surface area contributed by atoms with E-state index in [2.05, 4.69) is 36.2 Å². The van der Waals surface area contributed by atoms with Gasteiger partial charge in [0.25, 0.3) is 5.22 Å². The molecule has 1 aromatic carbocycles. The predicted molar refractivity (Wildman–Crippen MR) is 69.0 cm³/mol. The van der Waals surface area contributed by atoms with Crippen molar-refractivity contribution < 1.29 is 4.42 Å². The molecule has 1 heterocycles. The average molecular weight is 248 g/mol. The third-order valence-corrected chi connectivity index (χ3v) is 3.42. The third-order valence-electron chi connectivity index (χ3n) is 2.55. The van der Waals surface area contributed by atoms with Crippen molar-refractivity contribution in [2.24, 2.45) is 5.73 Å². The number of hydrogen-bond donors (Lipinski definition) is 1. The first-order valence-electron chi connectivity index (χ1n) is 5.64. The lowest BCUT2D eigenvalue weighted by molar-refractivity contribution is 0.454. The number of hydrogen-bond acceptors (Lipinski definition) is 4. The van der Waals surface area contributed by atoms with E-state index >= 15 is 0 Å². The van der Waals surface area contributed by atoms with Crippen molar-refractivity contribution in [1.29, 1.82) is 0 Å². The summed E-state index contributed by atoms with van der Waals surface area (Å²) in [6.45, 7) is 4.00. The topological polar surface area (TPSA) is 52.0 Å². The molecule has 0 saturated carbocycles. The monoisotopic (exact) mass is 248 g/mol. The van der Waals surface area contributed by atoms with Gasteiger partial charge in [-0.1, -0.05) is 19.1 Å². The van der Waals surface area contributed by atoms with Crippen LogP contribution < -0.4 is 5.73 Å². The lowest BCUT2D eigenvalue weighted by Crippen LogP contribution is -2.07. The van der Waals surface area contributed by atoms with Crippen LogP contribution in [0.2, 0.25) is 0 Å². The minimum atomic E-state index is 0.123. The zero-order valence-electron chi connectivity index (χ0n) is 10.0. The Balaban J connectivity index is 2.08. The predicted octanol–water partition coefficient (Wildman–Crippen LogP) is 3.54. The molecular weight excluding hydrogens is 232 g/mol. The highest BCUT2D eigenvalue weighted by Gasteiger charge is 2.06. The van der Waals surface area contributed by atoms with Crippen LogP contribution in [0.15, 0.2) is 45.1 Å². The second-order valence-electron chi connectivity index (χ2n) is 3.94. The summed E-state index contributed by atoms with van der Waals surface area (Å²) in [6, 6.07) is 8.35. The maximum absolute atomic E-state index is 5.96. The molecule has 3 nitrogen and oxygen atoms in total. The first-order valence-corrected chi connectivity index (χ1v) is 6.46. The molecule has 0 fully saturated rings. The fourth-order valence-electron chi connectivity index (χ4n) is 1.50. The summed E-state index contributed by atoms with van der Waals surface area (Å²) in [5.74, 6) is 0. The summed E-state index contributed by atoms with van der Waals surface area (Å²) in [4.78, 5) is 5.36. The minimum absolute atomic E-state index is 0.123. The maximum Gasteiger partial charge on any atom is 0.260 e. The molecular formula is C13H16N2OS. The van der Waals surface area contributed by atoms with Crippen LogP contribution in [0.25, 0.3) is 0 Å². The van der Waals surface area contributed by atoms with Gasteiger partial charge >= 0.3 is 0 Å². The van der Waals surface area contributed by atoms with Crippen LogP contribution in [0.4, 0.5) is 0 Å². The summed E-state index contributed by atoms with van der Waals surface area (Å²) in [6.07, 6.45) is 2.61. The number of benzene rings is 1. The Labute approximate surface area is 105 Å². The highest BCUT2D eigenvalue weighted by molar-refractivity contribution is 7.99. The van der Waals surface area contributed by atoms with E-state index in [1.807, 2.05) is 6.92 Å². The van der Waals surface area contributed by atoms with Crippen molar-refractivity contribution in [2.75, 3.05) is 0 Å². The Morgan fingerprint density at radius 1 is 1.35 bits per heavy atom. The number of oxazole rings is 1. The SMILES string of the molecule is CC[C@@H](N)c1ccc(Sc2nc(C)co2)cc1. The van der Waals surface area contributed by atoms with Crippen LogP contribution in [0.3, 0.4) is 0 Å². The van der Waals surface area contributed by atoms with Crippen molar-refractivity contribution in [3.05, 3.63) is 41.8 Å². The van der Waals surface area contributed by atoms with Crippen LogP contribution in [0, 0.1) is 6.92 Å². The molecule has 0 aliphatic rings. The molecule has 0 aliphatic heterocycles. The van der Waals surface area contributed by atoms with Gasteiger partial charge in [-0.05, 0) is 42.8 Å². The van der Waals surface area contributed by atoms with Crippen molar-refractivity contribution in [1.82, 2.24) is 4.98 Å². The van der Waals surface area contributed by atoms with Gasteiger partial charge in [-0.15, -0.1) is 0 Å². The van der Waals surface area contributed by atoms with E-state index in [4.69, 9.17) is 10.2 Å². The summed E-state index contributed by atoms with van der Waals surface area (Å²) in [5, 5.41) is 0.676. The van der Waals surface area contributed by atoms with Crippen molar-refractivity contribution in [3.63, 3.8) is 0 Å². The van der Waals surface area contributed by atoms with Crippen LogP contribution in [0.1, 0.15) is 30.6 Å². The maximum atomic E-state index is 5.96. The smallest absolute Gasteiger partial charge is 0.260 e. The summed E-state index contributed by atoms with van der Waals surface area (Å²) >= 11 is 1.52. The molecule has 0 spiro atoms. The number of nitrogens with zero attached hydrogens (tertiary/aromatic N) is 1. The van der Waals surface area contributed by atoms with E-state index in [0.29, 0.717) is 5.22 Å². The number of rotatable bonds is 4. The molecule has 0 unspecified atom stereocenters. The quantitative estimate of drug-likeness (QED) is 0.899. The third kappa shape index (κ3) is 3.11. The molecule has 90 valence electrons. The summed E-state index contributed by atoms with van der Waals surface area (Å²) in [5.41, 5.74) is 8.03. The lowest BCUT2D eigenvalue weighted by atomic mass is 10.1. The van der Waals surface area contributed by atoms with E-state index in [1.54, 1.807) is 6.26 Å². The van der Waals surface area contributed by atoms with Crippen LogP contribution in [0.5, 0.6) is 0 Å². The highest BCUT2D eigenvalue weighted by atomic mass is 32.2. The number of aromatic nitrogens is 1. The lowest BCUT2D eigenvalue weighted by Gasteiger charge is -2.08. The standard InChI is InChI=1S/C13H16N2OS/c1-3-12(14)10-4-6-11(7-5-10)17-13-15-9(2)8-16-13/h4-8,12H,3,14H2,1-2H3/t12-/m1/s1. The molecule has 0 saturated heterocycles. The van der Waals surface area contributed by atoms with Crippen molar-refractivity contribution in [3.8, 4) is 0 Å². The fraction of sp³-hybridized carbons (Fsp3) is 0.308. The molecule has 0 radical (unpaired) electrons. The second kappa shape index (κ2) is 5.38. The van der Waals surface area contributed by atoms with E-state index in [-0.39, 0.29) is 6.04 Å². The molecule has 1 atom stereocenters. The van der Waals surface area contributed by atoms with Crippen molar-refractivity contribution >= 4 is 11.8 Å². The molecule has 2 N–H and O–H groups in total. The Bertz CT molecular complexity index is 478. The van der Waals surface area contributed by atoms with Gasteiger partial charge in [0, 0.05) is 10.9 Å². The van der Waals surface area contributed by atoms with Gasteiger partial charge in [0.2, 0.25) is 0 Å². The molecule has 0 amide bonds. The molecule has 17 heavy (non-hydrogen) atoms. The molecule has 0 aliphatic carbocycles. The largest absolute Gasteiger partial charge is 0.439 e. The minimum Gasteiger partial charge on any atom is -0.439 e. The van der Waals surface area contributed by atoms with E-state index in [9.17, 15) is 0 Å². The second-order valence-corrected chi connectivity index (χ2v) is 4.97. The fourth-order valence-corrected chi connectivity index (χ4v) is 2.26. The molecule has 2 rings (SSSR count). The zero-order valence-corrected chi connectivity index (χ0v) is 10.8. The van der Waals surface area contributed by atoms with Gasteiger partial charge < -0.3 is 10.2 Å². The van der Waals surface area contributed by atoms with E-state index in [0.717, 1.165) is 17.0 Å². The van der Waals surface area contributed by atoms with Crippen molar-refractivity contribution in [2.45, 2.75) is 36.4 Å². The molecule has 0 bridgehead atoms. The Kier molecular flexibility index (Phi) is 3.86. The molecule has 4 heteroatoms. The van der Waals surface area contributed by atoms with Gasteiger partial charge in [0.15, 0.2) is 0 Å². The Hall–Kier alpha value is -1.26. The number of nitrogens with two attached hydrogens (primary N) is 1.